The number of rotatable bonds is 4. The molecule has 0 saturated carbocycles. The summed E-state index contributed by atoms with van der Waals surface area (Å²) in [5.41, 5.74) is 0.694. The highest BCUT2D eigenvalue weighted by Gasteiger charge is 2.18. The minimum atomic E-state index is -0.211. The number of hydrogen-bond acceptors (Lipinski definition) is 2. The van der Waals surface area contributed by atoms with Gasteiger partial charge >= 0.3 is 0 Å². The highest BCUT2D eigenvalue weighted by atomic mass is 19.1. The number of fused-ring (bicyclic) bond motifs is 1. The lowest BCUT2D eigenvalue weighted by atomic mass is 9.96. The third kappa shape index (κ3) is 2.84. The van der Waals surface area contributed by atoms with E-state index in [4.69, 9.17) is 9.47 Å². The zero-order chi connectivity index (χ0) is 13.0. The molecule has 2 nitrogen and oxygen atoms in total. The first-order valence-electron chi connectivity index (χ1n) is 6.46. The van der Waals surface area contributed by atoms with Gasteiger partial charge in [-0.1, -0.05) is 26.0 Å². The Kier molecular flexibility index (Phi) is 4.24. The maximum Gasteiger partial charge on any atom is 0.164 e. The summed E-state index contributed by atoms with van der Waals surface area (Å²) in [4.78, 5) is 0. The average molecular weight is 250 g/mol. The van der Waals surface area contributed by atoms with Gasteiger partial charge in [0.1, 0.15) is 19.0 Å². The molecule has 1 aliphatic rings. The average Bonchev–Trinajstić information content (AvgIpc) is 2.38. The van der Waals surface area contributed by atoms with E-state index in [1.807, 2.05) is 6.92 Å². The lowest BCUT2D eigenvalue weighted by molar-refractivity contribution is 0.170. The number of ether oxygens (including phenoxy) is 2. The third-order valence-corrected chi connectivity index (χ3v) is 3.08. The molecule has 1 aliphatic heterocycles. The van der Waals surface area contributed by atoms with Crippen LogP contribution in [0.4, 0.5) is 4.39 Å². The second kappa shape index (κ2) is 5.89. The molecule has 0 radical (unpaired) electrons. The van der Waals surface area contributed by atoms with E-state index in [2.05, 4.69) is 19.1 Å². The fourth-order valence-corrected chi connectivity index (χ4v) is 2.05. The zero-order valence-electron chi connectivity index (χ0n) is 10.9. The van der Waals surface area contributed by atoms with Gasteiger partial charge in [0.15, 0.2) is 11.5 Å². The van der Waals surface area contributed by atoms with Crippen molar-refractivity contribution in [1.82, 2.24) is 0 Å². The van der Waals surface area contributed by atoms with Crippen molar-refractivity contribution >= 4 is 0 Å². The van der Waals surface area contributed by atoms with E-state index < -0.39 is 0 Å². The normalized spacial score (nSPS) is 15.9. The molecule has 0 amide bonds. The number of halogens is 1. The molecule has 0 N–H and O–H groups in total. The SMILES string of the molecule is CC/C=C\CC(C)c1cc2c(cc1F)OCCO2. The Labute approximate surface area is 107 Å². The van der Waals surface area contributed by atoms with Crippen LogP contribution in [-0.2, 0) is 0 Å². The van der Waals surface area contributed by atoms with E-state index in [0.717, 1.165) is 12.8 Å². The Morgan fingerprint density at radius 1 is 1.22 bits per heavy atom. The Bertz CT molecular complexity index is 440. The summed E-state index contributed by atoms with van der Waals surface area (Å²) in [6.07, 6.45) is 6.05. The van der Waals surface area contributed by atoms with Crippen molar-refractivity contribution in [3.8, 4) is 11.5 Å². The summed E-state index contributed by atoms with van der Waals surface area (Å²) >= 11 is 0. The van der Waals surface area contributed by atoms with Crippen molar-refractivity contribution in [2.24, 2.45) is 0 Å². The van der Waals surface area contributed by atoms with Crippen LogP contribution in [-0.4, -0.2) is 13.2 Å². The molecule has 3 heteroatoms. The maximum absolute atomic E-state index is 14.0. The Morgan fingerprint density at radius 3 is 2.56 bits per heavy atom. The van der Waals surface area contributed by atoms with Crippen molar-refractivity contribution in [2.45, 2.75) is 32.6 Å². The van der Waals surface area contributed by atoms with Crippen molar-refractivity contribution in [1.29, 1.82) is 0 Å². The van der Waals surface area contributed by atoms with Crippen LogP contribution in [0.5, 0.6) is 11.5 Å². The van der Waals surface area contributed by atoms with E-state index in [0.29, 0.717) is 30.3 Å². The van der Waals surface area contributed by atoms with Crippen molar-refractivity contribution in [3.05, 3.63) is 35.7 Å². The van der Waals surface area contributed by atoms with Crippen LogP contribution in [0.2, 0.25) is 0 Å². The molecule has 0 bridgehead atoms. The van der Waals surface area contributed by atoms with Gasteiger partial charge in [-0.25, -0.2) is 4.39 Å². The van der Waals surface area contributed by atoms with E-state index in [-0.39, 0.29) is 11.7 Å². The second-order valence-electron chi connectivity index (χ2n) is 4.53. The summed E-state index contributed by atoms with van der Waals surface area (Å²) in [5, 5.41) is 0. The summed E-state index contributed by atoms with van der Waals surface area (Å²) in [6, 6.07) is 3.21. The fraction of sp³-hybridized carbons (Fsp3) is 0.467. The molecule has 0 aromatic heterocycles. The first-order valence-corrected chi connectivity index (χ1v) is 6.46. The molecule has 0 spiro atoms. The molecular weight excluding hydrogens is 231 g/mol. The Balaban J connectivity index is 2.19. The number of hydrogen-bond donors (Lipinski definition) is 0. The topological polar surface area (TPSA) is 18.5 Å². The van der Waals surface area contributed by atoms with Gasteiger partial charge in [0.05, 0.1) is 0 Å². The van der Waals surface area contributed by atoms with Crippen LogP contribution in [0, 0.1) is 5.82 Å². The van der Waals surface area contributed by atoms with E-state index in [1.54, 1.807) is 6.07 Å². The quantitative estimate of drug-likeness (QED) is 0.750. The molecule has 2 rings (SSSR count). The van der Waals surface area contributed by atoms with E-state index in [9.17, 15) is 4.39 Å². The first kappa shape index (κ1) is 12.9. The maximum atomic E-state index is 14.0. The van der Waals surface area contributed by atoms with Gasteiger partial charge < -0.3 is 9.47 Å². The van der Waals surface area contributed by atoms with Crippen LogP contribution in [0.1, 0.15) is 38.2 Å². The van der Waals surface area contributed by atoms with Crippen LogP contribution in [0.25, 0.3) is 0 Å². The van der Waals surface area contributed by atoms with Gasteiger partial charge in [-0.2, -0.15) is 0 Å². The molecule has 1 aromatic rings. The van der Waals surface area contributed by atoms with Gasteiger partial charge in [-0.3, -0.25) is 0 Å². The number of benzene rings is 1. The van der Waals surface area contributed by atoms with Crippen LogP contribution in [0.3, 0.4) is 0 Å². The summed E-state index contributed by atoms with van der Waals surface area (Å²) in [5.74, 6) is 1.10. The highest BCUT2D eigenvalue weighted by molar-refractivity contribution is 5.45. The zero-order valence-corrected chi connectivity index (χ0v) is 10.9. The molecular formula is C15H19FO2. The lowest BCUT2D eigenvalue weighted by Crippen LogP contribution is -2.16. The lowest BCUT2D eigenvalue weighted by Gasteiger charge is -2.21. The highest BCUT2D eigenvalue weighted by Crippen LogP contribution is 2.36. The Morgan fingerprint density at radius 2 is 1.89 bits per heavy atom. The van der Waals surface area contributed by atoms with Crippen molar-refractivity contribution in [3.63, 3.8) is 0 Å². The molecule has 1 unspecified atom stereocenters. The molecule has 0 aliphatic carbocycles. The predicted molar refractivity (Wildman–Crippen MR) is 69.9 cm³/mol. The van der Waals surface area contributed by atoms with Gasteiger partial charge in [-0.15, -0.1) is 0 Å². The molecule has 98 valence electrons. The summed E-state index contributed by atoms with van der Waals surface area (Å²) in [7, 11) is 0. The smallest absolute Gasteiger partial charge is 0.164 e. The molecule has 1 aromatic carbocycles. The molecule has 1 heterocycles. The second-order valence-corrected chi connectivity index (χ2v) is 4.53. The number of allylic oxidation sites excluding steroid dienone is 2. The minimum absolute atomic E-state index is 0.142. The van der Waals surface area contributed by atoms with E-state index in [1.165, 1.54) is 6.07 Å². The molecule has 0 fully saturated rings. The van der Waals surface area contributed by atoms with Gasteiger partial charge in [-0.05, 0) is 30.4 Å². The van der Waals surface area contributed by atoms with E-state index >= 15 is 0 Å². The fourth-order valence-electron chi connectivity index (χ4n) is 2.05. The summed E-state index contributed by atoms with van der Waals surface area (Å²) < 4.78 is 24.8. The third-order valence-electron chi connectivity index (χ3n) is 3.08. The van der Waals surface area contributed by atoms with Crippen LogP contribution in [0.15, 0.2) is 24.3 Å². The molecule has 0 saturated heterocycles. The van der Waals surface area contributed by atoms with Gasteiger partial charge in [0.2, 0.25) is 0 Å². The largest absolute Gasteiger partial charge is 0.486 e. The van der Waals surface area contributed by atoms with Crippen molar-refractivity contribution in [2.75, 3.05) is 13.2 Å². The standard InChI is InChI=1S/C15H19FO2/c1-3-4-5-6-11(2)12-9-14-15(10-13(12)16)18-8-7-17-14/h4-5,9-11H,3,6-8H2,1-2H3/b5-4-. The molecule has 1 atom stereocenters. The van der Waals surface area contributed by atoms with Crippen molar-refractivity contribution < 1.29 is 13.9 Å². The first-order chi connectivity index (χ1) is 8.72. The summed E-state index contributed by atoms with van der Waals surface area (Å²) in [6.45, 7) is 5.13. The van der Waals surface area contributed by atoms with Gasteiger partial charge in [0.25, 0.3) is 0 Å². The van der Waals surface area contributed by atoms with Crippen LogP contribution >= 0.6 is 0 Å². The Hall–Kier alpha value is -1.51. The van der Waals surface area contributed by atoms with Crippen LogP contribution < -0.4 is 9.47 Å². The monoisotopic (exact) mass is 250 g/mol. The van der Waals surface area contributed by atoms with Gasteiger partial charge in [0, 0.05) is 6.07 Å². The molecule has 18 heavy (non-hydrogen) atoms. The minimum Gasteiger partial charge on any atom is -0.486 e. The predicted octanol–water partition coefficient (Wildman–Crippen LogP) is 4.06.